The topological polar surface area (TPSA) is 30.5 Å². The van der Waals surface area contributed by atoms with Crippen molar-refractivity contribution in [2.45, 2.75) is 51.2 Å². The fraction of sp³-hybridized carbons (Fsp3) is 0.647. The molecule has 20 heavy (non-hydrogen) atoms. The third kappa shape index (κ3) is 2.28. The molecule has 1 N–H and O–H groups in total. The van der Waals surface area contributed by atoms with Gasteiger partial charge in [0.25, 0.3) is 0 Å². The highest BCUT2D eigenvalue weighted by Gasteiger charge is 2.56. The van der Waals surface area contributed by atoms with E-state index in [2.05, 4.69) is 24.4 Å². The average Bonchev–Trinajstić information content (AvgIpc) is 2.99. The number of nitrogens with one attached hydrogen (secondary N) is 1. The number of methoxy groups -OCH3 is 1. The van der Waals surface area contributed by atoms with Gasteiger partial charge in [-0.25, -0.2) is 0 Å². The molecular weight excluding hydrogens is 250 g/mol. The summed E-state index contributed by atoms with van der Waals surface area (Å²) in [5, 5.41) is 3.72. The highest BCUT2D eigenvalue weighted by Crippen LogP contribution is 2.55. The van der Waals surface area contributed by atoms with E-state index in [9.17, 15) is 0 Å². The molecule has 3 nitrogen and oxygen atoms in total. The van der Waals surface area contributed by atoms with E-state index in [-0.39, 0.29) is 0 Å². The summed E-state index contributed by atoms with van der Waals surface area (Å²) in [5.41, 5.74) is 1.58. The van der Waals surface area contributed by atoms with Crippen LogP contribution in [0.4, 0.5) is 5.69 Å². The molecule has 3 heteroatoms. The van der Waals surface area contributed by atoms with E-state index in [1.165, 1.54) is 31.4 Å². The molecule has 110 valence electrons. The predicted octanol–water partition coefficient (Wildman–Crippen LogP) is 3.84. The lowest BCUT2D eigenvalue weighted by Crippen LogP contribution is -2.60. The number of benzene rings is 1. The molecule has 1 aromatic rings. The van der Waals surface area contributed by atoms with Crippen molar-refractivity contribution >= 4 is 5.69 Å². The van der Waals surface area contributed by atoms with Crippen LogP contribution in [0.15, 0.2) is 24.3 Å². The number of anilines is 1. The summed E-state index contributed by atoms with van der Waals surface area (Å²) in [4.78, 5) is 0. The molecule has 2 aliphatic rings. The van der Waals surface area contributed by atoms with Crippen LogP contribution in [0.1, 0.15) is 39.0 Å². The van der Waals surface area contributed by atoms with Gasteiger partial charge in [-0.3, -0.25) is 0 Å². The van der Waals surface area contributed by atoms with Crippen LogP contribution >= 0.6 is 0 Å². The van der Waals surface area contributed by atoms with Crippen LogP contribution in [0.25, 0.3) is 0 Å². The molecule has 2 unspecified atom stereocenters. The number of rotatable bonds is 5. The van der Waals surface area contributed by atoms with Crippen LogP contribution < -0.4 is 10.1 Å². The quantitative estimate of drug-likeness (QED) is 0.885. The monoisotopic (exact) mass is 275 g/mol. The van der Waals surface area contributed by atoms with Crippen molar-refractivity contribution in [1.82, 2.24) is 0 Å². The van der Waals surface area contributed by atoms with Gasteiger partial charge in [0, 0.05) is 23.8 Å². The maximum absolute atomic E-state index is 5.96. The van der Waals surface area contributed by atoms with Crippen LogP contribution in [-0.2, 0) is 4.74 Å². The Morgan fingerprint density at radius 2 is 1.90 bits per heavy atom. The van der Waals surface area contributed by atoms with Gasteiger partial charge in [0.05, 0.1) is 13.2 Å². The van der Waals surface area contributed by atoms with Crippen LogP contribution in [0.3, 0.4) is 0 Å². The molecule has 0 aromatic heterocycles. The van der Waals surface area contributed by atoms with E-state index in [4.69, 9.17) is 9.47 Å². The summed E-state index contributed by atoms with van der Waals surface area (Å²) in [5.74, 6) is 0.909. The van der Waals surface area contributed by atoms with Crippen LogP contribution in [0, 0.1) is 5.41 Å². The molecule has 0 amide bonds. The van der Waals surface area contributed by atoms with Gasteiger partial charge in [-0.2, -0.15) is 0 Å². The zero-order valence-corrected chi connectivity index (χ0v) is 12.5. The van der Waals surface area contributed by atoms with E-state index >= 15 is 0 Å². The Balaban J connectivity index is 1.67. The summed E-state index contributed by atoms with van der Waals surface area (Å²) in [6.45, 7) is 2.94. The van der Waals surface area contributed by atoms with Gasteiger partial charge in [0.1, 0.15) is 5.75 Å². The van der Waals surface area contributed by atoms with Crippen molar-refractivity contribution in [1.29, 1.82) is 0 Å². The lowest BCUT2D eigenvalue weighted by atomic mass is 9.60. The second-order valence-corrected chi connectivity index (χ2v) is 6.05. The van der Waals surface area contributed by atoms with E-state index in [1.807, 2.05) is 12.1 Å². The Hall–Kier alpha value is -1.22. The molecule has 0 saturated heterocycles. The first-order valence-corrected chi connectivity index (χ1v) is 7.80. The SMILES string of the molecule is CCOC1CC(Nc2ccc(OC)cc2)C12CCCC2. The molecule has 0 heterocycles. The van der Waals surface area contributed by atoms with Crippen molar-refractivity contribution in [3.8, 4) is 5.75 Å². The summed E-state index contributed by atoms with van der Waals surface area (Å²) in [6, 6.07) is 8.81. The maximum atomic E-state index is 5.96. The smallest absolute Gasteiger partial charge is 0.119 e. The Morgan fingerprint density at radius 3 is 2.50 bits per heavy atom. The standard InChI is InChI=1S/C17H25NO2/c1-3-20-16-12-15(17(16)10-4-5-11-17)18-13-6-8-14(19-2)9-7-13/h6-9,15-16,18H,3-5,10-12H2,1-2H3. The fourth-order valence-electron chi connectivity index (χ4n) is 3.98. The fourth-order valence-corrected chi connectivity index (χ4v) is 3.98. The van der Waals surface area contributed by atoms with E-state index in [0.717, 1.165) is 18.8 Å². The van der Waals surface area contributed by atoms with Gasteiger partial charge in [-0.05, 0) is 50.5 Å². The largest absolute Gasteiger partial charge is 0.497 e. The summed E-state index contributed by atoms with van der Waals surface area (Å²) >= 11 is 0. The Morgan fingerprint density at radius 1 is 1.20 bits per heavy atom. The number of hydrogen-bond donors (Lipinski definition) is 1. The molecule has 2 atom stereocenters. The first kappa shape index (κ1) is 13.7. The Kier molecular flexibility index (Phi) is 3.88. The molecule has 0 aliphatic heterocycles. The molecule has 0 bridgehead atoms. The minimum absolute atomic E-state index is 0.385. The lowest BCUT2D eigenvalue weighted by Gasteiger charge is -2.54. The van der Waals surface area contributed by atoms with Gasteiger partial charge in [0.15, 0.2) is 0 Å². The molecule has 3 rings (SSSR count). The van der Waals surface area contributed by atoms with Crippen molar-refractivity contribution in [3.05, 3.63) is 24.3 Å². The number of ether oxygens (including phenoxy) is 2. The predicted molar refractivity (Wildman–Crippen MR) is 81.3 cm³/mol. The van der Waals surface area contributed by atoms with Crippen LogP contribution in [0.2, 0.25) is 0 Å². The van der Waals surface area contributed by atoms with E-state index in [1.54, 1.807) is 7.11 Å². The zero-order valence-electron chi connectivity index (χ0n) is 12.5. The highest BCUT2D eigenvalue weighted by molar-refractivity contribution is 5.48. The van der Waals surface area contributed by atoms with Crippen molar-refractivity contribution in [3.63, 3.8) is 0 Å². The highest BCUT2D eigenvalue weighted by atomic mass is 16.5. The van der Waals surface area contributed by atoms with Gasteiger partial charge < -0.3 is 14.8 Å². The molecular formula is C17H25NO2. The average molecular weight is 275 g/mol. The maximum Gasteiger partial charge on any atom is 0.119 e. The lowest BCUT2D eigenvalue weighted by molar-refractivity contribution is -0.114. The third-order valence-electron chi connectivity index (χ3n) is 5.12. The van der Waals surface area contributed by atoms with Gasteiger partial charge in [0.2, 0.25) is 0 Å². The summed E-state index contributed by atoms with van der Waals surface area (Å²) in [6.07, 6.45) is 6.93. The van der Waals surface area contributed by atoms with Gasteiger partial charge in [-0.15, -0.1) is 0 Å². The minimum atomic E-state index is 0.385. The van der Waals surface area contributed by atoms with Crippen molar-refractivity contribution in [2.24, 2.45) is 5.41 Å². The van der Waals surface area contributed by atoms with Crippen LogP contribution in [-0.4, -0.2) is 25.9 Å². The Labute approximate surface area is 121 Å². The molecule has 1 spiro atoms. The first-order chi connectivity index (χ1) is 9.78. The normalized spacial score (nSPS) is 27.3. The summed E-state index contributed by atoms with van der Waals surface area (Å²) < 4.78 is 11.2. The second kappa shape index (κ2) is 5.65. The van der Waals surface area contributed by atoms with E-state index in [0.29, 0.717) is 17.6 Å². The molecule has 2 fully saturated rings. The molecule has 0 radical (unpaired) electrons. The minimum Gasteiger partial charge on any atom is -0.497 e. The molecule has 1 aromatic carbocycles. The Bertz CT molecular complexity index is 437. The molecule has 2 saturated carbocycles. The second-order valence-electron chi connectivity index (χ2n) is 6.05. The van der Waals surface area contributed by atoms with E-state index < -0.39 is 0 Å². The van der Waals surface area contributed by atoms with Gasteiger partial charge in [-0.1, -0.05) is 12.8 Å². The zero-order chi connectivity index (χ0) is 14.0. The van der Waals surface area contributed by atoms with Crippen molar-refractivity contribution < 1.29 is 9.47 Å². The number of hydrogen-bond acceptors (Lipinski definition) is 3. The van der Waals surface area contributed by atoms with Crippen LogP contribution in [0.5, 0.6) is 5.75 Å². The summed E-state index contributed by atoms with van der Waals surface area (Å²) in [7, 11) is 1.70. The molecule has 2 aliphatic carbocycles. The van der Waals surface area contributed by atoms with Crippen molar-refractivity contribution in [2.75, 3.05) is 19.0 Å². The third-order valence-corrected chi connectivity index (χ3v) is 5.12. The first-order valence-electron chi connectivity index (χ1n) is 7.80. The van der Waals surface area contributed by atoms with Gasteiger partial charge >= 0.3 is 0 Å².